The van der Waals surface area contributed by atoms with Crippen LogP contribution in [0.25, 0.3) is 0 Å². The summed E-state index contributed by atoms with van der Waals surface area (Å²) in [4.78, 5) is 13.4. The predicted molar refractivity (Wildman–Crippen MR) is 105 cm³/mol. The normalized spacial score (nSPS) is 28.7. The van der Waals surface area contributed by atoms with E-state index in [4.69, 9.17) is 0 Å². The van der Waals surface area contributed by atoms with Gasteiger partial charge in [0, 0.05) is 12.0 Å². The Labute approximate surface area is 156 Å². The first-order valence-electron chi connectivity index (χ1n) is 9.51. The van der Waals surface area contributed by atoms with Crippen molar-refractivity contribution in [2.24, 2.45) is 5.92 Å². The van der Waals surface area contributed by atoms with E-state index < -0.39 is 11.5 Å². The lowest BCUT2D eigenvalue weighted by atomic mass is 9.72. The molecule has 3 heteroatoms. The molecule has 0 radical (unpaired) electrons. The number of quaternary nitrogens is 1. The third-order valence-electron chi connectivity index (χ3n) is 6.20. The molecule has 3 atom stereocenters. The molecule has 0 aromatic heterocycles. The Morgan fingerprint density at radius 2 is 1.62 bits per heavy atom. The Bertz CT molecular complexity index is 781. The van der Waals surface area contributed by atoms with E-state index in [0.717, 1.165) is 34.3 Å². The van der Waals surface area contributed by atoms with E-state index in [0.29, 0.717) is 18.5 Å². The van der Waals surface area contributed by atoms with Crippen LogP contribution >= 0.6 is 0 Å². The molecule has 1 aliphatic rings. The molecular formula is C23H30NO2+. The first kappa shape index (κ1) is 18.8. The fourth-order valence-corrected chi connectivity index (χ4v) is 3.99. The predicted octanol–water partition coefficient (Wildman–Crippen LogP) is 3.86. The molecule has 3 rings (SSSR count). The molecule has 0 bridgehead atoms. The van der Waals surface area contributed by atoms with Crippen LogP contribution in [0.2, 0.25) is 0 Å². The molecule has 1 heterocycles. The Morgan fingerprint density at radius 3 is 2.15 bits per heavy atom. The molecule has 0 aliphatic carbocycles. The van der Waals surface area contributed by atoms with Crippen LogP contribution < -0.4 is 0 Å². The molecule has 1 fully saturated rings. The van der Waals surface area contributed by atoms with Crippen LogP contribution in [0.1, 0.15) is 40.4 Å². The first-order chi connectivity index (χ1) is 12.3. The van der Waals surface area contributed by atoms with Gasteiger partial charge in [0.25, 0.3) is 0 Å². The maximum atomic E-state index is 13.4. The second kappa shape index (κ2) is 6.98. The average Bonchev–Trinajstić information content (AvgIpc) is 2.64. The lowest BCUT2D eigenvalue weighted by Crippen LogP contribution is -2.60. The number of benzene rings is 2. The van der Waals surface area contributed by atoms with Gasteiger partial charge in [0.1, 0.15) is 11.5 Å². The number of piperidine rings is 1. The molecule has 0 saturated carbocycles. The number of hydrogen-bond acceptors (Lipinski definition) is 2. The third kappa shape index (κ3) is 3.46. The van der Waals surface area contributed by atoms with Gasteiger partial charge in [-0.05, 0) is 26.3 Å². The van der Waals surface area contributed by atoms with Gasteiger partial charge in [0.2, 0.25) is 0 Å². The van der Waals surface area contributed by atoms with E-state index in [1.165, 1.54) is 0 Å². The van der Waals surface area contributed by atoms with Crippen molar-refractivity contribution in [2.45, 2.75) is 32.8 Å². The number of ketones is 1. The number of Topliss-reactive ketones (excluding diaryl/α,β-unsaturated/α-hetero) is 1. The quantitative estimate of drug-likeness (QED) is 0.670. The minimum absolute atomic E-state index is 0.0468. The fourth-order valence-electron chi connectivity index (χ4n) is 3.99. The van der Waals surface area contributed by atoms with Gasteiger partial charge in [-0.25, -0.2) is 0 Å². The summed E-state index contributed by atoms with van der Waals surface area (Å²) >= 11 is 0. The number of carbonyl (C=O) groups is 1. The summed E-state index contributed by atoms with van der Waals surface area (Å²) in [6, 6.07) is 15.7. The van der Waals surface area contributed by atoms with E-state index in [1.807, 2.05) is 62.4 Å². The van der Waals surface area contributed by atoms with Crippen molar-refractivity contribution in [3.8, 4) is 0 Å². The molecule has 1 N–H and O–H groups in total. The number of rotatable bonds is 4. The molecule has 1 aliphatic heterocycles. The third-order valence-corrected chi connectivity index (χ3v) is 6.20. The van der Waals surface area contributed by atoms with Gasteiger partial charge < -0.3 is 9.59 Å². The van der Waals surface area contributed by atoms with Gasteiger partial charge in [-0.2, -0.15) is 0 Å². The van der Waals surface area contributed by atoms with Crippen molar-refractivity contribution < 1.29 is 14.4 Å². The smallest absolute Gasteiger partial charge is 0.174 e. The summed E-state index contributed by atoms with van der Waals surface area (Å²) in [6.45, 7) is 8.70. The summed E-state index contributed by atoms with van der Waals surface area (Å²) in [5.41, 5.74) is 2.73. The van der Waals surface area contributed by atoms with Crippen molar-refractivity contribution >= 4 is 5.78 Å². The van der Waals surface area contributed by atoms with Crippen LogP contribution in [0.4, 0.5) is 0 Å². The highest BCUT2D eigenvalue weighted by atomic mass is 16.3. The van der Waals surface area contributed by atoms with Crippen LogP contribution in [-0.4, -0.2) is 42.1 Å². The summed E-state index contributed by atoms with van der Waals surface area (Å²) in [7, 11) is 2.18. The van der Waals surface area contributed by atoms with Crippen molar-refractivity contribution in [3.63, 3.8) is 0 Å². The van der Waals surface area contributed by atoms with Gasteiger partial charge in [0.15, 0.2) is 5.78 Å². The van der Waals surface area contributed by atoms with Gasteiger partial charge in [0.05, 0.1) is 26.7 Å². The Kier molecular flexibility index (Phi) is 5.05. The number of hydrogen-bond donors (Lipinski definition) is 1. The molecule has 2 aromatic carbocycles. The highest BCUT2D eigenvalue weighted by Crippen LogP contribution is 2.41. The van der Waals surface area contributed by atoms with Gasteiger partial charge in [-0.1, -0.05) is 59.7 Å². The maximum absolute atomic E-state index is 13.4. The van der Waals surface area contributed by atoms with E-state index in [1.54, 1.807) is 0 Å². The lowest BCUT2D eigenvalue weighted by molar-refractivity contribution is -0.917. The van der Waals surface area contributed by atoms with Gasteiger partial charge in [-0.15, -0.1) is 0 Å². The van der Waals surface area contributed by atoms with Crippen LogP contribution in [-0.2, 0) is 5.60 Å². The average molecular weight is 352 g/mol. The molecule has 26 heavy (non-hydrogen) atoms. The summed E-state index contributed by atoms with van der Waals surface area (Å²) in [5.74, 6) is -0.391. The zero-order valence-electron chi connectivity index (χ0n) is 16.3. The molecule has 1 saturated heterocycles. The highest BCUT2D eigenvalue weighted by Gasteiger charge is 2.51. The maximum Gasteiger partial charge on any atom is 0.174 e. The minimum Gasteiger partial charge on any atom is -0.384 e. The Hall–Kier alpha value is -1.97. The Morgan fingerprint density at radius 1 is 1.08 bits per heavy atom. The van der Waals surface area contributed by atoms with E-state index >= 15 is 0 Å². The number of aliphatic hydroxyl groups is 1. The minimum atomic E-state index is -1.11. The number of likely N-dealkylation sites (tertiary alicyclic amines) is 1. The standard InChI is InChI=1S/C23H30NO2/c1-5-24(4)15-14-23(26,20-12-8-18(3)9-13-20)21(16-24)22(25)19-10-6-17(2)7-11-19/h6-13,21,26H,5,14-16H2,1-4H3/q+1. The molecular weight excluding hydrogens is 322 g/mol. The Balaban J connectivity index is 2.03. The summed E-state index contributed by atoms with van der Waals surface area (Å²) in [5, 5.41) is 11.7. The molecule has 2 aromatic rings. The molecule has 3 nitrogen and oxygen atoms in total. The number of carbonyl (C=O) groups excluding carboxylic acids is 1. The van der Waals surface area contributed by atoms with Crippen LogP contribution in [0.3, 0.4) is 0 Å². The van der Waals surface area contributed by atoms with Crippen LogP contribution in [0, 0.1) is 19.8 Å². The highest BCUT2D eigenvalue weighted by molar-refractivity contribution is 5.98. The van der Waals surface area contributed by atoms with Crippen molar-refractivity contribution in [3.05, 3.63) is 70.8 Å². The molecule has 138 valence electrons. The van der Waals surface area contributed by atoms with Crippen molar-refractivity contribution in [1.29, 1.82) is 0 Å². The SMILES string of the molecule is CC[N+]1(C)CCC(O)(c2ccc(C)cc2)C(C(=O)c2ccc(C)cc2)C1. The lowest BCUT2D eigenvalue weighted by Gasteiger charge is -2.48. The van der Waals surface area contributed by atoms with E-state index in [-0.39, 0.29) is 5.78 Å². The fraction of sp³-hybridized carbons (Fsp3) is 0.435. The zero-order chi connectivity index (χ0) is 18.9. The number of aryl methyl sites for hydroxylation is 2. The van der Waals surface area contributed by atoms with Gasteiger partial charge >= 0.3 is 0 Å². The molecule has 3 unspecified atom stereocenters. The number of nitrogens with zero attached hydrogens (tertiary/aromatic N) is 1. The zero-order valence-corrected chi connectivity index (χ0v) is 16.3. The topological polar surface area (TPSA) is 37.3 Å². The molecule has 0 spiro atoms. The van der Waals surface area contributed by atoms with Gasteiger partial charge in [-0.3, -0.25) is 4.79 Å². The summed E-state index contributed by atoms with van der Waals surface area (Å²) < 4.78 is 0.816. The first-order valence-corrected chi connectivity index (χ1v) is 9.51. The van der Waals surface area contributed by atoms with Crippen LogP contribution in [0.5, 0.6) is 0 Å². The monoisotopic (exact) mass is 352 g/mol. The van der Waals surface area contributed by atoms with E-state index in [9.17, 15) is 9.90 Å². The second-order valence-corrected chi connectivity index (χ2v) is 8.17. The van der Waals surface area contributed by atoms with Crippen molar-refractivity contribution in [1.82, 2.24) is 0 Å². The van der Waals surface area contributed by atoms with E-state index in [2.05, 4.69) is 14.0 Å². The summed E-state index contributed by atoms with van der Waals surface area (Å²) in [6.07, 6.45) is 0.600. The second-order valence-electron chi connectivity index (χ2n) is 8.17. The van der Waals surface area contributed by atoms with Crippen LogP contribution in [0.15, 0.2) is 48.5 Å². The molecule has 0 amide bonds. The largest absolute Gasteiger partial charge is 0.384 e. The van der Waals surface area contributed by atoms with Crippen molar-refractivity contribution in [2.75, 3.05) is 26.7 Å².